The van der Waals surface area contributed by atoms with E-state index < -0.39 is 0 Å². The summed E-state index contributed by atoms with van der Waals surface area (Å²) in [5, 5.41) is 3.26. The van der Waals surface area contributed by atoms with E-state index in [1.165, 1.54) is 31.6 Å². The molecule has 2 aromatic heterocycles. The Kier molecular flexibility index (Phi) is 5.63. The zero-order valence-corrected chi connectivity index (χ0v) is 15.8. The minimum atomic E-state index is 0.509. The number of hydrogen-bond donors (Lipinski definition) is 1. The van der Waals surface area contributed by atoms with Gasteiger partial charge in [0, 0.05) is 36.1 Å². The Morgan fingerprint density at radius 1 is 1.16 bits per heavy atom. The van der Waals surface area contributed by atoms with Crippen molar-refractivity contribution in [1.82, 2.24) is 19.9 Å². The number of piperidine rings is 1. The van der Waals surface area contributed by atoms with Crippen LogP contribution in [0.1, 0.15) is 49.7 Å². The number of likely N-dealkylation sites (tertiary alicyclic amines) is 1. The van der Waals surface area contributed by atoms with E-state index in [1.807, 2.05) is 26.0 Å². The van der Waals surface area contributed by atoms with E-state index in [0.29, 0.717) is 17.8 Å². The van der Waals surface area contributed by atoms with Gasteiger partial charge in [0.2, 0.25) is 5.95 Å². The van der Waals surface area contributed by atoms with Gasteiger partial charge in [0.15, 0.2) is 0 Å². The van der Waals surface area contributed by atoms with E-state index in [0.717, 1.165) is 23.8 Å². The summed E-state index contributed by atoms with van der Waals surface area (Å²) in [6.07, 6.45) is 2.46. The highest BCUT2D eigenvalue weighted by Gasteiger charge is 2.22. The zero-order valence-electron chi connectivity index (χ0n) is 15.8. The molecule has 0 aliphatic carbocycles. The predicted octanol–water partition coefficient (Wildman–Crippen LogP) is 4.07. The standard InChI is InChI=1S/C20H29N5/c1-14(2)12-25-10-6-7-17(13-25)18-8-5-9-19(23-18)24-20-21-15(3)11-16(4)22-20/h5,8-9,11,14,17H,6-7,10,12-13H2,1-4H3,(H,21,22,23,24)/t17-/m1/s1. The second-order valence-corrected chi connectivity index (χ2v) is 7.54. The molecule has 0 amide bonds. The van der Waals surface area contributed by atoms with E-state index in [-0.39, 0.29) is 0 Å². The predicted molar refractivity (Wildman–Crippen MR) is 102 cm³/mol. The summed E-state index contributed by atoms with van der Waals surface area (Å²) < 4.78 is 0. The second kappa shape index (κ2) is 7.91. The third kappa shape index (κ3) is 4.98. The molecule has 2 aromatic rings. The van der Waals surface area contributed by atoms with Crippen LogP contribution in [-0.2, 0) is 0 Å². The van der Waals surface area contributed by atoms with Crippen molar-refractivity contribution in [2.75, 3.05) is 25.0 Å². The monoisotopic (exact) mass is 339 g/mol. The zero-order chi connectivity index (χ0) is 17.8. The Morgan fingerprint density at radius 3 is 2.64 bits per heavy atom. The van der Waals surface area contributed by atoms with Gasteiger partial charge in [0.05, 0.1) is 0 Å². The number of nitrogens with one attached hydrogen (secondary N) is 1. The van der Waals surface area contributed by atoms with Gasteiger partial charge in [-0.25, -0.2) is 15.0 Å². The first kappa shape index (κ1) is 17.8. The first-order chi connectivity index (χ1) is 12.0. The molecule has 0 bridgehead atoms. The van der Waals surface area contributed by atoms with E-state index in [1.54, 1.807) is 0 Å². The molecule has 25 heavy (non-hydrogen) atoms. The summed E-state index contributed by atoms with van der Waals surface area (Å²) in [7, 11) is 0. The number of anilines is 2. The summed E-state index contributed by atoms with van der Waals surface area (Å²) >= 11 is 0. The topological polar surface area (TPSA) is 53.9 Å². The lowest BCUT2D eigenvalue weighted by Gasteiger charge is -2.33. The van der Waals surface area contributed by atoms with E-state index >= 15 is 0 Å². The van der Waals surface area contributed by atoms with Crippen LogP contribution < -0.4 is 5.32 Å². The minimum absolute atomic E-state index is 0.509. The van der Waals surface area contributed by atoms with Gasteiger partial charge >= 0.3 is 0 Å². The Morgan fingerprint density at radius 2 is 1.92 bits per heavy atom. The SMILES string of the molecule is Cc1cc(C)nc(Nc2cccc([C@@H]3CCCN(CC(C)C)C3)n2)n1. The van der Waals surface area contributed by atoms with Crippen molar-refractivity contribution in [3.63, 3.8) is 0 Å². The van der Waals surface area contributed by atoms with Crippen molar-refractivity contribution < 1.29 is 0 Å². The van der Waals surface area contributed by atoms with E-state index in [2.05, 4.69) is 46.2 Å². The molecule has 5 nitrogen and oxygen atoms in total. The maximum atomic E-state index is 4.85. The van der Waals surface area contributed by atoms with Crippen LogP contribution in [0.2, 0.25) is 0 Å². The third-order valence-electron chi connectivity index (χ3n) is 4.54. The Balaban J connectivity index is 1.72. The lowest BCUT2D eigenvalue weighted by Crippen LogP contribution is -2.37. The van der Waals surface area contributed by atoms with Crippen LogP contribution in [0.5, 0.6) is 0 Å². The Labute approximate surface area is 150 Å². The largest absolute Gasteiger partial charge is 0.309 e. The van der Waals surface area contributed by atoms with E-state index in [9.17, 15) is 0 Å². The second-order valence-electron chi connectivity index (χ2n) is 7.54. The molecule has 1 fully saturated rings. The molecule has 1 aliphatic heterocycles. The highest BCUT2D eigenvalue weighted by atomic mass is 15.2. The van der Waals surface area contributed by atoms with Crippen LogP contribution in [-0.4, -0.2) is 39.5 Å². The summed E-state index contributed by atoms with van der Waals surface area (Å²) in [4.78, 5) is 16.3. The molecule has 0 radical (unpaired) electrons. The van der Waals surface area contributed by atoms with Gasteiger partial charge < -0.3 is 10.2 Å². The highest BCUT2D eigenvalue weighted by molar-refractivity contribution is 5.48. The molecule has 0 unspecified atom stereocenters. The molecule has 5 heteroatoms. The van der Waals surface area contributed by atoms with Crippen molar-refractivity contribution in [3.05, 3.63) is 41.3 Å². The van der Waals surface area contributed by atoms with Crippen LogP contribution >= 0.6 is 0 Å². The first-order valence-corrected chi connectivity index (χ1v) is 9.28. The fraction of sp³-hybridized carbons (Fsp3) is 0.550. The van der Waals surface area contributed by atoms with Crippen LogP contribution in [0.4, 0.5) is 11.8 Å². The molecule has 3 heterocycles. The molecular formula is C20H29N5. The summed E-state index contributed by atoms with van der Waals surface area (Å²) in [5.74, 6) is 2.66. The smallest absolute Gasteiger partial charge is 0.228 e. The summed E-state index contributed by atoms with van der Waals surface area (Å²) in [6.45, 7) is 12.0. The Hall–Kier alpha value is -2.01. The quantitative estimate of drug-likeness (QED) is 0.890. The summed E-state index contributed by atoms with van der Waals surface area (Å²) in [5.41, 5.74) is 3.09. The molecule has 134 valence electrons. The molecule has 1 atom stereocenters. The number of rotatable bonds is 5. The maximum Gasteiger partial charge on any atom is 0.228 e. The molecule has 1 N–H and O–H groups in total. The lowest BCUT2D eigenvalue weighted by atomic mass is 9.93. The van der Waals surface area contributed by atoms with Crippen molar-refractivity contribution >= 4 is 11.8 Å². The lowest BCUT2D eigenvalue weighted by molar-refractivity contribution is 0.186. The highest BCUT2D eigenvalue weighted by Crippen LogP contribution is 2.27. The van der Waals surface area contributed by atoms with Crippen molar-refractivity contribution in [3.8, 4) is 0 Å². The van der Waals surface area contributed by atoms with Crippen LogP contribution in [0.25, 0.3) is 0 Å². The average molecular weight is 339 g/mol. The summed E-state index contributed by atoms with van der Waals surface area (Å²) in [6, 6.07) is 8.19. The minimum Gasteiger partial charge on any atom is -0.309 e. The number of pyridine rings is 1. The van der Waals surface area contributed by atoms with E-state index in [4.69, 9.17) is 4.98 Å². The van der Waals surface area contributed by atoms with Gasteiger partial charge in [-0.05, 0) is 57.4 Å². The molecule has 1 aliphatic rings. The van der Waals surface area contributed by atoms with Crippen LogP contribution in [0.15, 0.2) is 24.3 Å². The van der Waals surface area contributed by atoms with Gasteiger partial charge in [-0.2, -0.15) is 0 Å². The molecule has 0 aromatic carbocycles. The van der Waals surface area contributed by atoms with Crippen LogP contribution in [0.3, 0.4) is 0 Å². The maximum absolute atomic E-state index is 4.85. The first-order valence-electron chi connectivity index (χ1n) is 9.28. The molecule has 3 rings (SSSR count). The number of nitrogens with zero attached hydrogens (tertiary/aromatic N) is 4. The fourth-order valence-electron chi connectivity index (χ4n) is 3.62. The Bertz CT molecular complexity index is 693. The van der Waals surface area contributed by atoms with Crippen molar-refractivity contribution in [2.24, 2.45) is 5.92 Å². The normalized spacial score (nSPS) is 18.5. The molecule has 0 spiro atoms. The number of aryl methyl sites for hydroxylation is 2. The fourth-order valence-corrected chi connectivity index (χ4v) is 3.62. The molecule has 1 saturated heterocycles. The number of hydrogen-bond acceptors (Lipinski definition) is 5. The van der Waals surface area contributed by atoms with Gasteiger partial charge in [0.1, 0.15) is 5.82 Å². The van der Waals surface area contributed by atoms with Gasteiger partial charge in [-0.3, -0.25) is 0 Å². The van der Waals surface area contributed by atoms with Crippen LogP contribution in [0, 0.1) is 19.8 Å². The average Bonchev–Trinajstić information content (AvgIpc) is 2.54. The van der Waals surface area contributed by atoms with Gasteiger partial charge in [-0.15, -0.1) is 0 Å². The van der Waals surface area contributed by atoms with Gasteiger partial charge in [-0.1, -0.05) is 19.9 Å². The van der Waals surface area contributed by atoms with Crippen molar-refractivity contribution in [2.45, 2.75) is 46.5 Å². The number of aromatic nitrogens is 3. The molecule has 0 saturated carbocycles. The molecular weight excluding hydrogens is 310 g/mol. The van der Waals surface area contributed by atoms with Crippen molar-refractivity contribution in [1.29, 1.82) is 0 Å². The van der Waals surface area contributed by atoms with Gasteiger partial charge in [0.25, 0.3) is 0 Å². The third-order valence-corrected chi connectivity index (χ3v) is 4.54.